The van der Waals surface area contributed by atoms with Crippen LogP contribution in [0, 0.1) is 0 Å². The van der Waals surface area contributed by atoms with Gasteiger partial charge >= 0.3 is 0 Å². The predicted molar refractivity (Wildman–Crippen MR) is 96.7 cm³/mol. The van der Waals surface area contributed by atoms with Crippen molar-refractivity contribution in [2.24, 2.45) is 0 Å². The molecule has 134 valence electrons. The molecule has 1 N–H and O–H groups in total. The maximum Gasteiger partial charge on any atom is 0.251 e. The summed E-state index contributed by atoms with van der Waals surface area (Å²) < 4.78 is 7.29. The second kappa shape index (κ2) is 7.21. The molecule has 2 aromatic heterocycles. The molecule has 1 atom stereocenters. The maximum absolute atomic E-state index is 12.7. The molecule has 0 saturated heterocycles. The first-order chi connectivity index (χ1) is 12.7. The first-order valence-corrected chi connectivity index (χ1v) is 8.80. The summed E-state index contributed by atoms with van der Waals surface area (Å²) in [5, 5.41) is 12.6. The number of pyridine rings is 1. The van der Waals surface area contributed by atoms with Gasteiger partial charge in [0.05, 0.1) is 5.52 Å². The number of benzene rings is 1. The number of fused-ring (bicyclic) bond motifs is 2. The van der Waals surface area contributed by atoms with Crippen molar-refractivity contribution in [3.05, 3.63) is 53.7 Å². The molecule has 3 aromatic rings. The van der Waals surface area contributed by atoms with Gasteiger partial charge in [0.15, 0.2) is 5.82 Å². The zero-order valence-corrected chi connectivity index (χ0v) is 14.7. The van der Waals surface area contributed by atoms with Crippen LogP contribution in [-0.2, 0) is 24.3 Å². The van der Waals surface area contributed by atoms with Crippen molar-refractivity contribution in [1.29, 1.82) is 0 Å². The molecule has 3 heterocycles. The van der Waals surface area contributed by atoms with E-state index >= 15 is 0 Å². The van der Waals surface area contributed by atoms with Crippen LogP contribution in [0.1, 0.15) is 34.8 Å². The second-order valence-electron chi connectivity index (χ2n) is 6.53. The lowest BCUT2D eigenvalue weighted by Gasteiger charge is -2.16. The van der Waals surface area contributed by atoms with Crippen molar-refractivity contribution >= 4 is 16.8 Å². The van der Waals surface area contributed by atoms with Crippen molar-refractivity contribution < 1.29 is 9.53 Å². The molecule has 0 fully saturated rings. The molecule has 26 heavy (non-hydrogen) atoms. The molecule has 0 spiro atoms. The van der Waals surface area contributed by atoms with Crippen LogP contribution < -0.4 is 5.32 Å². The van der Waals surface area contributed by atoms with Gasteiger partial charge in [0.1, 0.15) is 12.4 Å². The number of carbonyl (C=O) groups is 1. The molecule has 7 heteroatoms. The fourth-order valence-electron chi connectivity index (χ4n) is 3.41. The number of aryl methyl sites for hydroxylation is 1. The van der Waals surface area contributed by atoms with Crippen molar-refractivity contribution in [2.75, 3.05) is 7.11 Å². The fourth-order valence-corrected chi connectivity index (χ4v) is 3.41. The Balaban J connectivity index is 1.44. The molecule has 1 aromatic carbocycles. The monoisotopic (exact) mass is 351 g/mol. The zero-order valence-electron chi connectivity index (χ0n) is 14.7. The van der Waals surface area contributed by atoms with Crippen LogP contribution in [0.2, 0.25) is 0 Å². The second-order valence-corrected chi connectivity index (χ2v) is 6.53. The lowest BCUT2D eigenvalue weighted by molar-refractivity contribution is 0.0933. The number of aromatic nitrogens is 4. The number of amides is 1. The smallest absolute Gasteiger partial charge is 0.251 e. The van der Waals surface area contributed by atoms with Gasteiger partial charge in [0.2, 0.25) is 0 Å². The van der Waals surface area contributed by atoms with E-state index in [0.29, 0.717) is 12.2 Å². The van der Waals surface area contributed by atoms with Gasteiger partial charge in [-0.3, -0.25) is 9.78 Å². The average Bonchev–Trinajstić information content (AvgIpc) is 2.93. The molecular weight excluding hydrogens is 330 g/mol. The summed E-state index contributed by atoms with van der Waals surface area (Å²) >= 11 is 0. The summed E-state index contributed by atoms with van der Waals surface area (Å²) in [7, 11) is 1.65. The minimum absolute atomic E-state index is 0.0458. The van der Waals surface area contributed by atoms with E-state index in [4.69, 9.17) is 4.74 Å². The molecule has 1 aliphatic heterocycles. The Bertz CT molecular complexity index is 937. The number of nitrogens with one attached hydrogen (secondary N) is 1. The normalized spacial score (nSPS) is 16.9. The summed E-state index contributed by atoms with van der Waals surface area (Å²) in [6.45, 7) is 1.24. The molecule has 0 saturated carbocycles. The molecule has 1 amide bonds. The largest absolute Gasteiger partial charge is 0.377 e. The van der Waals surface area contributed by atoms with E-state index in [1.54, 1.807) is 13.3 Å². The van der Waals surface area contributed by atoms with Crippen LogP contribution in [0.5, 0.6) is 0 Å². The minimum Gasteiger partial charge on any atom is -0.377 e. The summed E-state index contributed by atoms with van der Waals surface area (Å²) in [5.41, 5.74) is 1.55. The number of carbonyl (C=O) groups excluding carboxylic acids is 1. The predicted octanol–water partition coefficient (Wildman–Crippen LogP) is 2.11. The summed E-state index contributed by atoms with van der Waals surface area (Å²) in [6, 6.07) is 9.56. The van der Waals surface area contributed by atoms with Crippen LogP contribution >= 0.6 is 0 Å². The lowest BCUT2D eigenvalue weighted by atomic mass is 10.1. The van der Waals surface area contributed by atoms with E-state index in [1.165, 1.54) is 0 Å². The van der Waals surface area contributed by atoms with E-state index in [2.05, 4.69) is 25.1 Å². The third-order valence-corrected chi connectivity index (χ3v) is 4.80. The first-order valence-electron chi connectivity index (χ1n) is 8.80. The van der Waals surface area contributed by atoms with Gasteiger partial charge < -0.3 is 14.6 Å². The van der Waals surface area contributed by atoms with Crippen molar-refractivity contribution in [1.82, 2.24) is 25.1 Å². The summed E-state index contributed by atoms with van der Waals surface area (Å²) in [4.78, 5) is 17.0. The summed E-state index contributed by atoms with van der Waals surface area (Å²) in [6.07, 6.45) is 4.25. The Morgan fingerprint density at radius 3 is 3.12 bits per heavy atom. The highest BCUT2D eigenvalue weighted by Gasteiger charge is 2.21. The molecule has 0 aliphatic carbocycles. The number of rotatable bonds is 4. The van der Waals surface area contributed by atoms with Crippen LogP contribution in [0.15, 0.2) is 36.5 Å². The standard InChI is InChI=1S/C19H21N5O2/c1-26-12-18-23-22-17-7-5-15(8-10-24(17)18)21-19(25)14-4-6-16-13(11-14)3-2-9-20-16/h2-4,6,9,11,15H,5,7-8,10,12H2,1H3,(H,21,25). The van der Waals surface area contributed by atoms with E-state index in [-0.39, 0.29) is 11.9 Å². The van der Waals surface area contributed by atoms with E-state index < -0.39 is 0 Å². The highest BCUT2D eigenvalue weighted by atomic mass is 16.5. The van der Waals surface area contributed by atoms with Gasteiger partial charge in [-0.2, -0.15) is 0 Å². The molecular formula is C19H21N5O2. The number of hydrogen-bond acceptors (Lipinski definition) is 5. The lowest BCUT2D eigenvalue weighted by Crippen LogP contribution is -2.35. The highest BCUT2D eigenvalue weighted by Crippen LogP contribution is 2.17. The highest BCUT2D eigenvalue weighted by molar-refractivity contribution is 5.98. The van der Waals surface area contributed by atoms with Crippen molar-refractivity contribution in [3.8, 4) is 0 Å². The Morgan fingerprint density at radius 2 is 2.23 bits per heavy atom. The third-order valence-electron chi connectivity index (χ3n) is 4.80. The minimum atomic E-state index is -0.0458. The van der Waals surface area contributed by atoms with Crippen molar-refractivity contribution in [3.63, 3.8) is 0 Å². The van der Waals surface area contributed by atoms with Crippen LogP contribution in [0.4, 0.5) is 0 Å². The SMILES string of the molecule is COCc1nnc2n1CCC(NC(=O)c1ccc3ncccc3c1)CC2. The molecule has 1 aliphatic rings. The fraction of sp³-hybridized carbons (Fsp3) is 0.368. The number of ether oxygens (including phenoxy) is 1. The van der Waals surface area contributed by atoms with E-state index in [1.807, 2.05) is 30.3 Å². The van der Waals surface area contributed by atoms with Gasteiger partial charge in [-0.15, -0.1) is 10.2 Å². The molecule has 1 unspecified atom stereocenters. The van der Waals surface area contributed by atoms with Crippen LogP contribution in [0.25, 0.3) is 10.9 Å². The van der Waals surface area contributed by atoms with Gasteiger partial charge in [-0.05, 0) is 37.1 Å². The quantitative estimate of drug-likeness (QED) is 0.778. The van der Waals surface area contributed by atoms with Gasteiger partial charge in [-0.1, -0.05) is 6.07 Å². The number of nitrogens with zero attached hydrogens (tertiary/aromatic N) is 4. The van der Waals surface area contributed by atoms with Crippen molar-refractivity contribution in [2.45, 2.75) is 38.5 Å². The Morgan fingerprint density at radius 1 is 1.31 bits per heavy atom. The maximum atomic E-state index is 12.7. The van der Waals surface area contributed by atoms with E-state index in [9.17, 15) is 4.79 Å². The Kier molecular flexibility index (Phi) is 4.62. The molecule has 7 nitrogen and oxygen atoms in total. The topological polar surface area (TPSA) is 81.9 Å². The zero-order chi connectivity index (χ0) is 17.9. The van der Waals surface area contributed by atoms with Crippen LogP contribution in [0.3, 0.4) is 0 Å². The van der Waals surface area contributed by atoms with Gasteiger partial charge in [0, 0.05) is 43.3 Å². The van der Waals surface area contributed by atoms with Gasteiger partial charge in [0.25, 0.3) is 5.91 Å². The number of hydrogen-bond donors (Lipinski definition) is 1. The van der Waals surface area contributed by atoms with E-state index in [0.717, 1.165) is 48.4 Å². The average molecular weight is 351 g/mol. The summed E-state index contributed by atoms with van der Waals surface area (Å²) in [5.74, 6) is 1.76. The first kappa shape index (κ1) is 16.7. The molecule has 0 radical (unpaired) electrons. The number of methoxy groups -OCH3 is 1. The Hall–Kier alpha value is -2.80. The molecule has 4 rings (SSSR count). The molecule has 0 bridgehead atoms. The van der Waals surface area contributed by atoms with Gasteiger partial charge in [-0.25, -0.2) is 0 Å². The van der Waals surface area contributed by atoms with Crippen LogP contribution in [-0.4, -0.2) is 38.8 Å². The Labute approximate surface area is 151 Å². The third kappa shape index (κ3) is 3.30.